The Balaban J connectivity index is 1.85. The van der Waals surface area contributed by atoms with E-state index in [4.69, 9.17) is 21.2 Å². The predicted molar refractivity (Wildman–Crippen MR) is 78.7 cm³/mol. The molecule has 0 amide bonds. The first kappa shape index (κ1) is 15.7. The molecule has 114 valence electrons. The van der Waals surface area contributed by atoms with Crippen LogP contribution in [0.1, 0.15) is 11.5 Å². The third-order valence-electron chi connectivity index (χ3n) is 2.72. The van der Waals surface area contributed by atoms with Gasteiger partial charge >= 0.3 is 6.01 Å². The molecule has 0 aliphatic heterocycles. The molecule has 0 radical (unpaired) electrons. The Morgan fingerprint density at radius 2 is 1.90 bits per heavy atom. The summed E-state index contributed by atoms with van der Waals surface area (Å²) in [5, 5.41) is 15.7. The quantitative estimate of drug-likeness (QED) is 0.737. The molecule has 9 heteroatoms. The molecule has 0 unspecified atom stereocenters. The molecule has 7 nitrogen and oxygen atoms in total. The van der Waals surface area contributed by atoms with E-state index in [1.54, 1.807) is 12.1 Å². The van der Waals surface area contributed by atoms with Crippen molar-refractivity contribution in [1.29, 1.82) is 0 Å². The smallest absolute Gasteiger partial charge is 0.315 e. The maximum absolute atomic E-state index is 11.1. The van der Waals surface area contributed by atoms with E-state index in [0.29, 0.717) is 37.2 Å². The number of rotatable bonds is 7. The van der Waals surface area contributed by atoms with Gasteiger partial charge in [-0.2, -0.15) is 0 Å². The first-order valence-electron chi connectivity index (χ1n) is 6.23. The van der Waals surface area contributed by atoms with Crippen LogP contribution >= 0.6 is 11.6 Å². The third-order valence-corrected chi connectivity index (χ3v) is 3.84. The van der Waals surface area contributed by atoms with Gasteiger partial charge < -0.3 is 9.73 Å². The first-order chi connectivity index (χ1) is 9.99. The summed E-state index contributed by atoms with van der Waals surface area (Å²) in [4.78, 5) is 0.0989. The van der Waals surface area contributed by atoms with Gasteiger partial charge in [0.1, 0.15) is 0 Å². The Morgan fingerprint density at radius 3 is 2.52 bits per heavy atom. The molecule has 2 rings (SSSR count). The number of aromatic nitrogens is 2. The second kappa shape index (κ2) is 6.88. The molecule has 1 heterocycles. The lowest BCUT2D eigenvalue weighted by atomic mass is 10.1. The molecule has 0 saturated heterocycles. The van der Waals surface area contributed by atoms with Gasteiger partial charge in [-0.05, 0) is 24.1 Å². The van der Waals surface area contributed by atoms with E-state index in [0.717, 1.165) is 5.56 Å². The summed E-state index contributed by atoms with van der Waals surface area (Å²) in [7, 11) is -3.65. The van der Waals surface area contributed by atoms with Gasteiger partial charge in [-0.15, -0.1) is 16.7 Å². The van der Waals surface area contributed by atoms with Gasteiger partial charge in [-0.25, -0.2) is 13.6 Å². The zero-order valence-corrected chi connectivity index (χ0v) is 12.7. The molecule has 0 aliphatic rings. The molecule has 0 aliphatic carbocycles. The van der Waals surface area contributed by atoms with E-state index in [1.165, 1.54) is 12.1 Å². The number of nitrogens with zero attached hydrogens (tertiary/aromatic N) is 2. The molecule has 2 aromatic rings. The molecule has 0 fully saturated rings. The number of hydrogen-bond donors (Lipinski definition) is 2. The lowest BCUT2D eigenvalue weighted by molar-refractivity contribution is 0.512. The molecule has 1 aromatic heterocycles. The highest BCUT2D eigenvalue weighted by atomic mass is 35.5. The van der Waals surface area contributed by atoms with Crippen molar-refractivity contribution < 1.29 is 12.8 Å². The van der Waals surface area contributed by atoms with Gasteiger partial charge in [-0.3, -0.25) is 0 Å². The molecule has 1 aromatic carbocycles. The van der Waals surface area contributed by atoms with E-state index >= 15 is 0 Å². The van der Waals surface area contributed by atoms with Crippen LogP contribution in [0.2, 0.25) is 0 Å². The summed E-state index contributed by atoms with van der Waals surface area (Å²) >= 11 is 5.57. The van der Waals surface area contributed by atoms with Crippen molar-refractivity contribution in [3.63, 3.8) is 0 Å². The summed E-state index contributed by atoms with van der Waals surface area (Å²) < 4.78 is 27.6. The van der Waals surface area contributed by atoms with Gasteiger partial charge in [-0.1, -0.05) is 17.2 Å². The topological polar surface area (TPSA) is 111 Å². The predicted octanol–water partition coefficient (Wildman–Crippen LogP) is 1.15. The number of nitrogens with one attached hydrogen (secondary N) is 1. The van der Waals surface area contributed by atoms with Crippen molar-refractivity contribution in [3.8, 4) is 0 Å². The summed E-state index contributed by atoms with van der Waals surface area (Å²) in [6, 6.07) is 6.74. The average molecular weight is 331 g/mol. The zero-order chi connectivity index (χ0) is 15.3. The second-order valence-electron chi connectivity index (χ2n) is 4.31. The Hall–Kier alpha value is -1.64. The number of aryl methyl sites for hydroxylation is 1. The van der Waals surface area contributed by atoms with Crippen LogP contribution in [-0.4, -0.2) is 31.0 Å². The van der Waals surface area contributed by atoms with Crippen molar-refractivity contribution in [1.82, 2.24) is 10.2 Å². The van der Waals surface area contributed by atoms with Crippen LogP contribution in [0, 0.1) is 0 Å². The van der Waals surface area contributed by atoms with Crippen molar-refractivity contribution in [2.45, 2.75) is 17.7 Å². The molecule has 0 atom stereocenters. The fourth-order valence-corrected chi connectivity index (χ4v) is 2.34. The SMILES string of the molecule is NS(=O)(=O)c1ccc(CCNc2nnc(CCCl)o2)cc1. The number of nitrogens with two attached hydrogens (primary N) is 1. The maximum Gasteiger partial charge on any atom is 0.315 e. The summed E-state index contributed by atoms with van der Waals surface area (Å²) in [6.45, 7) is 0.581. The van der Waals surface area contributed by atoms with Crippen molar-refractivity contribution >= 4 is 27.6 Å². The number of benzene rings is 1. The van der Waals surface area contributed by atoms with E-state index in [9.17, 15) is 8.42 Å². The molecular formula is C12H15ClN4O3S. The van der Waals surface area contributed by atoms with Crippen LogP contribution in [0.4, 0.5) is 6.01 Å². The third kappa shape index (κ3) is 4.69. The van der Waals surface area contributed by atoms with Crippen LogP contribution in [0.15, 0.2) is 33.6 Å². The number of alkyl halides is 1. The van der Waals surface area contributed by atoms with E-state index in [2.05, 4.69) is 15.5 Å². The van der Waals surface area contributed by atoms with Gasteiger partial charge in [0.05, 0.1) is 4.90 Å². The highest BCUT2D eigenvalue weighted by molar-refractivity contribution is 7.89. The lowest BCUT2D eigenvalue weighted by Gasteiger charge is -2.03. The van der Waals surface area contributed by atoms with Crippen LogP contribution in [0.3, 0.4) is 0 Å². The normalized spacial score (nSPS) is 11.5. The van der Waals surface area contributed by atoms with Crippen LogP contribution in [0.5, 0.6) is 0 Å². The van der Waals surface area contributed by atoms with Crippen molar-refractivity contribution in [2.24, 2.45) is 5.14 Å². The van der Waals surface area contributed by atoms with Gasteiger partial charge in [0.25, 0.3) is 0 Å². The molecule has 3 N–H and O–H groups in total. The Kier molecular flexibility index (Phi) is 5.16. The van der Waals surface area contributed by atoms with Crippen LogP contribution < -0.4 is 10.5 Å². The van der Waals surface area contributed by atoms with E-state index in [1.807, 2.05) is 0 Å². The maximum atomic E-state index is 11.1. The highest BCUT2D eigenvalue weighted by Crippen LogP contribution is 2.10. The van der Waals surface area contributed by atoms with E-state index < -0.39 is 10.0 Å². The first-order valence-corrected chi connectivity index (χ1v) is 8.31. The average Bonchev–Trinajstić information content (AvgIpc) is 2.86. The van der Waals surface area contributed by atoms with Gasteiger partial charge in [0, 0.05) is 18.8 Å². The summed E-state index contributed by atoms with van der Waals surface area (Å²) in [6.07, 6.45) is 1.21. The van der Waals surface area contributed by atoms with Gasteiger partial charge in [0.15, 0.2) is 0 Å². The summed E-state index contributed by atoms with van der Waals surface area (Å²) in [5.74, 6) is 0.919. The standard InChI is InChI=1S/C12H15ClN4O3S/c13-7-5-11-16-17-12(20-11)15-8-6-9-1-3-10(4-2-9)21(14,18)19/h1-4H,5-8H2,(H,15,17)(H2,14,18,19). The Bertz CT molecular complexity index is 685. The summed E-state index contributed by atoms with van der Waals surface area (Å²) in [5.41, 5.74) is 0.968. The number of halogens is 1. The fraction of sp³-hybridized carbons (Fsp3) is 0.333. The largest absolute Gasteiger partial charge is 0.408 e. The molecule has 0 spiro atoms. The van der Waals surface area contributed by atoms with Gasteiger partial charge in [0.2, 0.25) is 15.9 Å². The minimum atomic E-state index is -3.65. The van der Waals surface area contributed by atoms with Crippen molar-refractivity contribution in [2.75, 3.05) is 17.7 Å². The molecular weight excluding hydrogens is 316 g/mol. The second-order valence-corrected chi connectivity index (χ2v) is 6.25. The number of anilines is 1. The monoisotopic (exact) mass is 330 g/mol. The van der Waals surface area contributed by atoms with Crippen LogP contribution in [-0.2, 0) is 22.9 Å². The Labute approximate surface area is 127 Å². The zero-order valence-electron chi connectivity index (χ0n) is 11.1. The minimum Gasteiger partial charge on any atom is -0.408 e. The van der Waals surface area contributed by atoms with Crippen molar-refractivity contribution in [3.05, 3.63) is 35.7 Å². The number of primary sulfonamides is 1. The van der Waals surface area contributed by atoms with E-state index in [-0.39, 0.29) is 4.90 Å². The minimum absolute atomic E-state index is 0.0989. The van der Waals surface area contributed by atoms with Crippen LogP contribution in [0.25, 0.3) is 0 Å². The Morgan fingerprint density at radius 1 is 1.19 bits per heavy atom. The molecule has 0 bridgehead atoms. The highest BCUT2D eigenvalue weighted by Gasteiger charge is 2.07. The number of hydrogen-bond acceptors (Lipinski definition) is 6. The molecule has 0 saturated carbocycles. The molecule has 21 heavy (non-hydrogen) atoms. The lowest BCUT2D eigenvalue weighted by Crippen LogP contribution is -2.12. The fourth-order valence-electron chi connectivity index (χ4n) is 1.67. The number of sulfonamides is 1.